The van der Waals surface area contributed by atoms with E-state index in [1.165, 1.54) is 51.4 Å². The number of hydrogen-bond acceptors (Lipinski definition) is 6. The van der Waals surface area contributed by atoms with Gasteiger partial charge in [-0.3, -0.25) is 0 Å². The molecule has 6 heteroatoms. The van der Waals surface area contributed by atoms with E-state index < -0.39 is 12.2 Å². The second-order valence-electron chi connectivity index (χ2n) is 13.8. The van der Waals surface area contributed by atoms with Crippen LogP contribution in [0.4, 0.5) is 0 Å². The maximum absolute atomic E-state index is 13.4. The first-order chi connectivity index (χ1) is 23.3. The van der Waals surface area contributed by atoms with Gasteiger partial charge in [-0.1, -0.05) is 139 Å². The molecule has 0 saturated heterocycles. The van der Waals surface area contributed by atoms with Gasteiger partial charge in [-0.15, -0.1) is 0 Å². The lowest BCUT2D eigenvalue weighted by molar-refractivity contribution is -0.157. The summed E-state index contributed by atoms with van der Waals surface area (Å²) in [6.45, 7) is 11.9. The highest BCUT2D eigenvalue weighted by atomic mass is 16.6. The van der Waals surface area contributed by atoms with Crippen LogP contribution in [0.1, 0.15) is 144 Å². The van der Waals surface area contributed by atoms with Gasteiger partial charge in [-0.2, -0.15) is 0 Å². The van der Waals surface area contributed by atoms with Crippen molar-refractivity contribution in [3.8, 4) is 11.5 Å². The first kappa shape index (κ1) is 39.2. The van der Waals surface area contributed by atoms with E-state index in [1.54, 1.807) is 0 Å². The van der Waals surface area contributed by atoms with Crippen LogP contribution in [0.15, 0.2) is 48.5 Å². The molecular formula is C42H62O6. The summed E-state index contributed by atoms with van der Waals surface area (Å²) in [6, 6.07) is 15.9. The highest BCUT2D eigenvalue weighted by Gasteiger charge is 2.28. The Labute approximate surface area is 290 Å². The van der Waals surface area contributed by atoms with E-state index in [1.807, 2.05) is 76.2 Å². The first-order valence-electron chi connectivity index (χ1n) is 18.9. The van der Waals surface area contributed by atoms with E-state index in [9.17, 15) is 9.59 Å². The molecule has 48 heavy (non-hydrogen) atoms. The number of ether oxygens (including phenoxy) is 4. The molecule has 0 spiro atoms. The fourth-order valence-corrected chi connectivity index (χ4v) is 6.23. The molecule has 0 aliphatic heterocycles. The maximum Gasteiger partial charge on any atom is 0.347 e. The molecule has 6 nitrogen and oxygen atoms in total. The molecule has 0 radical (unpaired) electrons. The van der Waals surface area contributed by atoms with Crippen molar-refractivity contribution >= 4 is 33.5 Å². The number of carbonyl (C=O) groups excluding carboxylic acids is 2. The van der Waals surface area contributed by atoms with Crippen LogP contribution < -0.4 is 9.47 Å². The van der Waals surface area contributed by atoms with E-state index in [4.69, 9.17) is 18.9 Å². The summed E-state index contributed by atoms with van der Waals surface area (Å²) < 4.78 is 24.8. The van der Waals surface area contributed by atoms with Crippen LogP contribution in [-0.4, -0.2) is 36.4 Å². The van der Waals surface area contributed by atoms with Crippen LogP contribution in [0, 0.1) is 0 Å². The lowest BCUT2D eigenvalue weighted by Crippen LogP contribution is -2.32. The minimum Gasteiger partial charge on any atom is -0.477 e. The monoisotopic (exact) mass is 662 g/mol. The lowest BCUT2D eigenvalue weighted by atomic mass is 9.99. The Balaban J connectivity index is 1.94. The van der Waals surface area contributed by atoms with Crippen LogP contribution in [0.5, 0.6) is 11.5 Å². The quantitative estimate of drug-likeness (QED) is 0.0540. The Morgan fingerprint density at radius 2 is 0.771 bits per heavy atom. The van der Waals surface area contributed by atoms with Gasteiger partial charge in [0.1, 0.15) is 11.5 Å². The zero-order chi connectivity index (χ0) is 34.7. The van der Waals surface area contributed by atoms with Crippen LogP contribution in [0.25, 0.3) is 21.5 Å². The molecule has 0 bridgehead atoms. The molecule has 266 valence electrons. The molecule has 0 heterocycles. The van der Waals surface area contributed by atoms with Crippen molar-refractivity contribution in [2.45, 2.75) is 169 Å². The molecule has 3 aromatic rings. The normalized spacial score (nSPS) is 12.8. The van der Waals surface area contributed by atoms with Crippen LogP contribution >= 0.6 is 0 Å². The van der Waals surface area contributed by atoms with Gasteiger partial charge in [0.25, 0.3) is 0 Å². The van der Waals surface area contributed by atoms with Crippen molar-refractivity contribution in [3.63, 3.8) is 0 Å². The average Bonchev–Trinajstić information content (AvgIpc) is 3.06. The van der Waals surface area contributed by atoms with Crippen molar-refractivity contribution in [1.29, 1.82) is 0 Å². The van der Waals surface area contributed by atoms with E-state index in [-0.39, 0.29) is 24.1 Å². The van der Waals surface area contributed by atoms with Crippen molar-refractivity contribution in [2.75, 3.05) is 0 Å². The summed E-state index contributed by atoms with van der Waals surface area (Å²) in [4.78, 5) is 26.8. The van der Waals surface area contributed by atoms with Crippen LogP contribution in [-0.2, 0) is 19.1 Å². The minimum absolute atomic E-state index is 0.235. The zero-order valence-corrected chi connectivity index (χ0v) is 30.7. The maximum atomic E-state index is 13.4. The molecule has 0 saturated carbocycles. The van der Waals surface area contributed by atoms with Gasteiger partial charge < -0.3 is 18.9 Å². The minimum atomic E-state index is -0.729. The van der Waals surface area contributed by atoms with Crippen molar-refractivity contribution in [2.24, 2.45) is 0 Å². The van der Waals surface area contributed by atoms with Crippen molar-refractivity contribution in [3.05, 3.63) is 48.5 Å². The molecule has 0 aliphatic rings. The number of carbonyl (C=O) groups is 2. The number of fused-ring (bicyclic) bond motifs is 2. The third-order valence-corrected chi connectivity index (χ3v) is 8.72. The zero-order valence-electron chi connectivity index (χ0n) is 30.7. The summed E-state index contributed by atoms with van der Waals surface area (Å²) in [5, 5.41) is 3.33. The highest BCUT2D eigenvalue weighted by molar-refractivity contribution is 6.11. The number of unbranched alkanes of at least 4 members (excludes halogenated alkanes) is 12. The second-order valence-corrected chi connectivity index (χ2v) is 13.8. The summed E-state index contributed by atoms with van der Waals surface area (Å²) in [7, 11) is 0. The molecule has 2 unspecified atom stereocenters. The van der Waals surface area contributed by atoms with Gasteiger partial charge in [0, 0.05) is 21.5 Å². The van der Waals surface area contributed by atoms with Gasteiger partial charge in [-0.05, 0) is 53.4 Å². The Kier molecular flexibility index (Phi) is 17.7. The summed E-state index contributed by atoms with van der Waals surface area (Å²) in [5.74, 6) is 0.595. The second kappa shape index (κ2) is 21.6. The predicted octanol–water partition coefficient (Wildman–Crippen LogP) is 11.7. The van der Waals surface area contributed by atoms with Crippen molar-refractivity contribution in [1.82, 2.24) is 0 Å². The van der Waals surface area contributed by atoms with Gasteiger partial charge in [0.2, 0.25) is 0 Å². The van der Waals surface area contributed by atoms with Crippen LogP contribution in [0.3, 0.4) is 0 Å². The Morgan fingerprint density at radius 3 is 1.06 bits per heavy atom. The molecule has 3 aromatic carbocycles. The fourth-order valence-electron chi connectivity index (χ4n) is 6.23. The molecule has 2 atom stereocenters. The van der Waals surface area contributed by atoms with E-state index >= 15 is 0 Å². The first-order valence-corrected chi connectivity index (χ1v) is 18.9. The number of benzene rings is 3. The smallest absolute Gasteiger partial charge is 0.347 e. The van der Waals surface area contributed by atoms with E-state index in [0.29, 0.717) is 24.3 Å². The van der Waals surface area contributed by atoms with E-state index in [2.05, 4.69) is 13.8 Å². The highest BCUT2D eigenvalue weighted by Crippen LogP contribution is 2.44. The standard InChI is InChI=1S/C42H62O6/c1-7-9-11-13-15-17-19-29-37(41(43)45-31(3)4)47-39-33-25-21-23-27-35(33)40(36-28-24-22-26-34(36)39)48-38(42(44)46-32(5)6)30-20-18-16-14-12-10-8-2/h21-28,31-32,37-38H,7-20,29-30H2,1-6H3. The van der Waals surface area contributed by atoms with Gasteiger partial charge in [0.15, 0.2) is 12.2 Å². The topological polar surface area (TPSA) is 71.1 Å². The fraction of sp³-hybridized carbons (Fsp3) is 0.619. The molecule has 0 amide bonds. The summed E-state index contributed by atoms with van der Waals surface area (Å²) in [6.07, 6.45) is 15.4. The summed E-state index contributed by atoms with van der Waals surface area (Å²) >= 11 is 0. The van der Waals surface area contributed by atoms with Crippen molar-refractivity contribution < 1.29 is 28.5 Å². The number of hydrogen-bond donors (Lipinski definition) is 0. The molecule has 0 aliphatic carbocycles. The Morgan fingerprint density at radius 1 is 0.479 bits per heavy atom. The predicted molar refractivity (Wildman–Crippen MR) is 198 cm³/mol. The van der Waals surface area contributed by atoms with Crippen LogP contribution in [0.2, 0.25) is 0 Å². The lowest BCUT2D eigenvalue weighted by Gasteiger charge is -2.25. The summed E-state index contributed by atoms with van der Waals surface area (Å²) in [5.41, 5.74) is 0. The van der Waals surface area contributed by atoms with Gasteiger partial charge in [-0.25, -0.2) is 9.59 Å². The number of esters is 2. The third-order valence-electron chi connectivity index (χ3n) is 8.72. The number of rotatable bonds is 24. The molecular weight excluding hydrogens is 600 g/mol. The Bertz CT molecular complexity index is 1220. The Hall–Kier alpha value is -3.28. The van der Waals surface area contributed by atoms with E-state index in [0.717, 1.165) is 60.1 Å². The van der Waals surface area contributed by atoms with Gasteiger partial charge in [0.05, 0.1) is 12.2 Å². The average molecular weight is 663 g/mol. The largest absolute Gasteiger partial charge is 0.477 e. The SMILES string of the molecule is CCCCCCCCCC(Oc1c2ccccc2c(OC(CCCCCCCCC)C(=O)OC(C)C)c2ccccc12)C(=O)OC(C)C. The van der Waals surface area contributed by atoms with Gasteiger partial charge >= 0.3 is 11.9 Å². The third kappa shape index (κ3) is 12.6. The molecule has 3 rings (SSSR count). The molecule has 0 N–H and O–H groups in total. The molecule has 0 aromatic heterocycles. The molecule has 0 fully saturated rings.